The second kappa shape index (κ2) is 5.84. The Bertz CT molecular complexity index is 479. The number of carboxylic acid groups (broad SMARTS) is 1. The van der Waals surface area contributed by atoms with Gasteiger partial charge < -0.3 is 14.9 Å². The zero-order chi connectivity index (χ0) is 13.8. The third-order valence-corrected chi connectivity index (χ3v) is 3.38. The minimum atomic E-state index is -0.918. The van der Waals surface area contributed by atoms with Crippen molar-refractivity contribution >= 4 is 11.9 Å². The van der Waals surface area contributed by atoms with Crippen LogP contribution in [0, 0.1) is 0 Å². The average molecular weight is 262 g/mol. The molecular formula is C14H18N2O3. The van der Waals surface area contributed by atoms with E-state index in [4.69, 9.17) is 5.11 Å². The first kappa shape index (κ1) is 13.5. The van der Waals surface area contributed by atoms with Gasteiger partial charge >= 0.3 is 5.97 Å². The van der Waals surface area contributed by atoms with Gasteiger partial charge in [0, 0.05) is 31.7 Å². The summed E-state index contributed by atoms with van der Waals surface area (Å²) in [6, 6.07) is 6.95. The highest BCUT2D eigenvalue weighted by atomic mass is 16.4. The number of carbonyl (C=O) groups is 2. The zero-order valence-corrected chi connectivity index (χ0v) is 11.0. The van der Waals surface area contributed by atoms with Gasteiger partial charge in [0.25, 0.3) is 5.91 Å². The third kappa shape index (κ3) is 3.32. The van der Waals surface area contributed by atoms with Crippen LogP contribution in [-0.2, 0) is 11.2 Å². The first-order valence-corrected chi connectivity index (χ1v) is 6.35. The summed E-state index contributed by atoms with van der Waals surface area (Å²) >= 11 is 0. The van der Waals surface area contributed by atoms with E-state index in [0.717, 1.165) is 13.1 Å². The van der Waals surface area contributed by atoms with E-state index >= 15 is 0 Å². The lowest BCUT2D eigenvalue weighted by molar-refractivity contribution is -0.136. The van der Waals surface area contributed by atoms with Crippen molar-refractivity contribution < 1.29 is 14.7 Å². The van der Waals surface area contributed by atoms with Gasteiger partial charge in [0.1, 0.15) is 0 Å². The molecule has 1 aromatic carbocycles. The first-order valence-electron chi connectivity index (χ1n) is 6.35. The molecule has 19 heavy (non-hydrogen) atoms. The van der Waals surface area contributed by atoms with E-state index in [2.05, 4.69) is 4.90 Å². The normalized spacial score (nSPS) is 16.4. The van der Waals surface area contributed by atoms with Crippen LogP contribution in [-0.4, -0.2) is 60.0 Å². The summed E-state index contributed by atoms with van der Waals surface area (Å²) in [6.45, 7) is 3.09. The van der Waals surface area contributed by atoms with Crippen LogP contribution in [0.4, 0.5) is 0 Å². The fourth-order valence-corrected chi connectivity index (χ4v) is 2.23. The highest BCUT2D eigenvalue weighted by molar-refractivity contribution is 5.96. The number of piperazine rings is 1. The van der Waals surface area contributed by atoms with Gasteiger partial charge in [0.15, 0.2) is 0 Å². The molecule has 0 atom stereocenters. The molecule has 1 aromatic rings. The van der Waals surface area contributed by atoms with E-state index in [1.807, 2.05) is 7.05 Å². The number of amides is 1. The van der Waals surface area contributed by atoms with Gasteiger partial charge in [0.2, 0.25) is 0 Å². The van der Waals surface area contributed by atoms with Crippen LogP contribution < -0.4 is 0 Å². The molecule has 5 heteroatoms. The van der Waals surface area contributed by atoms with Gasteiger partial charge in [-0.3, -0.25) is 9.59 Å². The van der Waals surface area contributed by atoms with E-state index in [-0.39, 0.29) is 12.3 Å². The molecule has 1 aliphatic heterocycles. The Labute approximate surface area is 112 Å². The summed E-state index contributed by atoms with van der Waals surface area (Å²) in [5.74, 6) is -0.983. The summed E-state index contributed by atoms with van der Waals surface area (Å²) in [7, 11) is 2.03. The van der Waals surface area contributed by atoms with Crippen LogP contribution in [0.5, 0.6) is 0 Å². The Morgan fingerprint density at radius 3 is 2.42 bits per heavy atom. The number of hydrogen-bond acceptors (Lipinski definition) is 3. The zero-order valence-electron chi connectivity index (χ0n) is 11.0. The molecule has 1 amide bonds. The molecule has 1 heterocycles. The molecular weight excluding hydrogens is 244 g/mol. The molecule has 0 aromatic heterocycles. The van der Waals surface area contributed by atoms with Crippen LogP contribution in [0.3, 0.4) is 0 Å². The van der Waals surface area contributed by atoms with Crippen molar-refractivity contribution in [3.8, 4) is 0 Å². The number of carbonyl (C=O) groups excluding carboxylic acids is 1. The molecule has 1 fully saturated rings. The molecule has 0 spiro atoms. The predicted molar refractivity (Wildman–Crippen MR) is 71.2 cm³/mol. The Hall–Kier alpha value is -1.88. The SMILES string of the molecule is CN1CCN(C(=O)c2ccccc2CC(=O)O)CC1. The smallest absolute Gasteiger partial charge is 0.307 e. The number of aliphatic carboxylic acids is 1. The Morgan fingerprint density at radius 1 is 1.16 bits per heavy atom. The van der Waals surface area contributed by atoms with Crippen molar-refractivity contribution in [2.45, 2.75) is 6.42 Å². The van der Waals surface area contributed by atoms with Crippen molar-refractivity contribution in [2.75, 3.05) is 33.2 Å². The van der Waals surface area contributed by atoms with Crippen LogP contribution in [0.15, 0.2) is 24.3 Å². The van der Waals surface area contributed by atoms with Gasteiger partial charge in [-0.1, -0.05) is 18.2 Å². The standard InChI is InChI=1S/C14H18N2O3/c1-15-6-8-16(9-7-15)14(19)12-5-3-2-4-11(12)10-13(17)18/h2-5H,6-10H2,1H3,(H,17,18). The lowest BCUT2D eigenvalue weighted by Gasteiger charge is -2.32. The molecule has 1 aliphatic rings. The van der Waals surface area contributed by atoms with Crippen LogP contribution >= 0.6 is 0 Å². The quantitative estimate of drug-likeness (QED) is 0.871. The van der Waals surface area contributed by atoms with E-state index < -0.39 is 5.97 Å². The van der Waals surface area contributed by atoms with E-state index in [1.54, 1.807) is 29.2 Å². The first-order chi connectivity index (χ1) is 9.08. The van der Waals surface area contributed by atoms with Crippen LogP contribution in [0.25, 0.3) is 0 Å². The van der Waals surface area contributed by atoms with Crippen LogP contribution in [0.2, 0.25) is 0 Å². The minimum absolute atomic E-state index is 0.0649. The maximum Gasteiger partial charge on any atom is 0.307 e. The molecule has 0 aliphatic carbocycles. The van der Waals surface area contributed by atoms with Gasteiger partial charge in [-0.15, -0.1) is 0 Å². The van der Waals surface area contributed by atoms with Crippen LogP contribution in [0.1, 0.15) is 15.9 Å². The number of hydrogen-bond donors (Lipinski definition) is 1. The van der Waals surface area contributed by atoms with Crippen molar-refractivity contribution in [2.24, 2.45) is 0 Å². The third-order valence-electron chi connectivity index (χ3n) is 3.38. The Kier molecular flexibility index (Phi) is 4.16. The summed E-state index contributed by atoms with van der Waals surface area (Å²) < 4.78 is 0. The van der Waals surface area contributed by atoms with Gasteiger partial charge in [-0.25, -0.2) is 0 Å². The van der Waals surface area contributed by atoms with E-state index in [1.165, 1.54) is 0 Å². The van der Waals surface area contributed by atoms with Crippen molar-refractivity contribution in [1.29, 1.82) is 0 Å². The number of nitrogens with zero attached hydrogens (tertiary/aromatic N) is 2. The highest BCUT2D eigenvalue weighted by Crippen LogP contribution is 2.14. The molecule has 2 rings (SSSR count). The average Bonchev–Trinajstić information content (AvgIpc) is 2.39. The minimum Gasteiger partial charge on any atom is -0.481 e. The highest BCUT2D eigenvalue weighted by Gasteiger charge is 2.22. The number of carboxylic acids is 1. The lowest BCUT2D eigenvalue weighted by Crippen LogP contribution is -2.47. The molecule has 1 saturated heterocycles. The maximum atomic E-state index is 12.4. The van der Waals surface area contributed by atoms with Crippen molar-refractivity contribution in [3.05, 3.63) is 35.4 Å². The molecule has 0 radical (unpaired) electrons. The predicted octanol–water partition coefficient (Wildman–Crippen LogP) is 0.701. The van der Waals surface area contributed by atoms with E-state index in [0.29, 0.717) is 24.2 Å². The topological polar surface area (TPSA) is 60.9 Å². The van der Waals surface area contributed by atoms with Gasteiger partial charge in [-0.2, -0.15) is 0 Å². The monoisotopic (exact) mass is 262 g/mol. The van der Waals surface area contributed by atoms with E-state index in [9.17, 15) is 9.59 Å². The summed E-state index contributed by atoms with van der Waals surface area (Å²) in [6.07, 6.45) is -0.115. The molecule has 0 unspecified atom stereocenters. The maximum absolute atomic E-state index is 12.4. The Balaban J connectivity index is 2.16. The Morgan fingerprint density at radius 2 is 1.79 bits per heavy atom. The summed E-state index contributed by atoms with van der Waals surface area (Å²) in [5.41, 5.74) is 1.09. The fourth-order valence-electron chi connectivity index (χ4n) is 2.23. The van der Waals surface area contributed by atoms with Gasteiger partial charge in [-0.05, 0) is 18.7 Å². The molecule has 0 bridgehead atoms. The van der Waals surface area contributed by atoms with Gasteiger partial charge in [0.05, 0.1) is 6.42 Å². The fraction of sp³-hybridized carbons (Fsp3) is 0.429. The molecule has 5 nitrogen and oxygen atoms in total. The molecule has 102 valence electrons. The summed E-state index contributed by atoms with van der Waals surface area (Å²) in [5, 5.41) is 8.89. The second-order valence-electron chi connectivity index (χ2n) is 4.82. The number of likely N-dealkylation sites (N-methyl/N-ethyl adjacent to an activating group) is 1. The molecule has 0 saturated carbocycles. The van der Waals surface area contributed by atoms with Crippen molar-refractivity contribution in [3.63, 3.8) is 0 Å². The second-order valence-corrected chi connectivity index (χ2v) is 4.82. The largest absolute Gasteiger partial charge is 0.481 e. The van der Waals surface area contributed by atoms with Crippen molar-refractivity contribution in [1.82, 2.24) is 9.80 Å². The lowest BCUT2D eigenvalue weighted by atomic mass is 10.0. The summed E-state index contributed by atoms with van der Waals surface area (Å²) in [4.78, 5) is 27.2. The molecule has 1 N–H and O–H groups in total. The number of rotatable bonds is 3. The number of benzene rings is 1.